The van der Waals surface area contributed by atoms with Crippen molar-refractivity contribution in [1.29, 1.82) is 0 Å². The summed E-state index contributed by atoms with van der Waals surface area (Å²) >= 11 is 3.40. The highest BCUT2D eigenvalue weighted by Gasteiger charge is 2.31. The van der Waals surface area contributed by atoms with Crippen LogP contribution in [0, 0.1) is 5.82 Å². The molecule has 1 unspecified atom stereocenters. The van der Waals surface area contributed by atoms with Gasteiger partial charge in [-0.1, -0.05) is 22.9 Å². The first-order valence-corrected chi connectivity index (χ1v) is 6.07. The van der Waals surface area contributed by atoms with E-state index in [9.17, 15) is 4.39 Å². The highest BCUT2D eigenvalue weighted by molar-refractivity contribution is 9.10. The summed E-state index contributed by atoms with van der Waals surface area (Å²) in [7, 11) is 0. The van der Waals surface area contributed by atoms with E-state index in [1.807, 2.05) is 6.07 Å². The molecule has 1 aliphatic heterocycles. The number of piperidine rings is 1. The fourth-order valence-corrected chi connectivity index (χ4v) is 2.61. The van der Waals surface area contributed by atoms with E-state index in [-0.39, 0.29) is 11.2 Å². The van der Waals surface area contributed by atoms with E-state index < -0.39 is 0 Å². The van der Waals surface area contributed by atoms with Crippen LogP contribution in [0.5, 0.6) is 0 Å². The second-order valence-electron chi connectivity index (χ2n) is 4.47. The van der Waals surface area contributed by atoms with Gasteiger partial charge < -0.3 is 5.32 Å². The maximum Gasteiger partial charge on any atom is 0.127 e. The van der Waals surface area contributed by atoms with Crippen LogP contribution in [-0.4, -0.2) is 13.1 Å². The van der Waals surface area contributed by atoms with Crippen LogP contribution >= 0.6 is 15.9 Å². The number of hydrogen-bond donors (Lipinski definition) is 1. The Balaban J connectivity index is 2.38. The summed E-state index contributed by atoms with van der Waals surface area (Å²) in [5.41, 5.74) is 0.760. The second kappa shape index (κ2) is 4.22. The standard InChI is InChI=1S/C12H15BrFN/c1-12(5-2-6-15-8-12)10-7-9(13)3-4-11(10)14/h3-4,7,15H,2,5-6,8H2,1H3. The lowest BCUT2D eigenvalue weighted by Crippen LogP contribution is -2.41. The van der Waals surface area contributed by atoms with E-state index in [0.717, 1.165) is 36.0 Å². The molecule has 0 spiro atoms. The lowest BCUT2D eigenvalue weighted by Gasteiger charge is -2.35. The Kier molecular flexibility index (Phi) is 3.12. The van der Waals surface area contributed by atoms with Gasteiger partial charge in [-0.05, 0) is 43.1 Å². The van der Waals surface area contributed by atoms with Gasteiger partial charge in [-0.3, -0.25) is 0 Å². The topological polar surface area (TPSA) is 12.0 Å². The highest BCUT2D eigenvalue weighted by atomic mass is 79.9. The molecule has 0 saturated carbocycles. The van der Waals surface area contributed by atoms with E-state index in [1.165, 1.54) is 0 Å². The van der Waals surface area contributed by atoms with Gasteiger partial charge in [0, 0.05) is 16.4 Å². The molecule has 1 nitrogen and oxygen atoms in total. The first kappa shape index (κ1) is 11.1. The third-order valence-corrected chi connectivity index (χ3v) is 3.67. The van der Waals surface area contributed by atoms with Crippen LogP contribution in [0.15, 0.2) is 22.7 Å². The van der Waals surface area contributed by atoms with E-state index in [4.69, 9.17) is 0 Å². The summed E-state index contributed by atoms with van der Waals surface area (Å²) in [6, 6.07) is 5.19. The van der Waals surface area contributed by atoms with Crippen molar-refractivity contribution in [2.75, 3.05) is 13.1 Å². The van der Waals surface area contributed by atoms with Gasteiger partial charge >= 0.3 is 0 Å². The zero-order valence-corrected chi connectivity index (χ0v) is 10.4. The average Bonchev–Trinajstić information content (AvgIpc) is 2.23. The van der Waals surface area contributed by atoms with Gasteiger partial charge in [0.05, 0.1) is 0 Å². The number of benzene rings is 1. The third-order valence-electron chi connectivity index (χ3n) is 3.18. The van der Waals surface area contributed by atoms with Crippen LogP contribution in [0.2, 0.25) is 0 Å². The Hall–Kier alpha value is -0.410. The van der Waals surface area contributed by atoms with Crippen LogP contribution < -0.4 is 5.32 Å². The van der Waals surface area contributed by atoms with Crippen molar-refractivity contribution in [3.63, 3.8) is 0 Å². The van der Waals surface area contributed by atoms with Crippen molar-refractivity contribution in [3.05, 3.63) is 34.1 Å². The molecular formula is C12H15BrFN. The summed E-state index contributed by atoms with van der Waals surface area (Å²) in [4.78, 5) is 0. The van der Waals surface area contributed by atoms with Crippen LogP contribution in [0.1, 0.15) is 25.3 Å². The molecule has 1 atom stereocenters. The number of halogens is 2. The second-order valence-corrected chi connectivity index (χ2v) is 5.38. The van der Waals surface area contributed by atoms with Crippen LogP contribution in [-0.2, 0) is 5.41 Å². The predicted octanol–water partition coefficient (Wildman–Crippen LogP) is 3.23. The van der Waals surface area contributed by atoms with Crippen LogP contribution in [0.4, 0.5) is 4.39 Å². The third kappa shape index (κ3) is 2.23. The maximum absolute atomic E-state index is 13.8. The molecule has 1 saturated heterocycles. The Morgan fingerprint density at radius 1 is 1.47 bits per heavy atom. The molecule has 0 bridgehead atoms. The van der Waals surface area contributed by atoms with E-state index in [0.29, 0.717) is 0 Å². The maximum atomic E-state index is 13.8. The molecule has 15 heavy (non-hydrogen) atoms. The normalized spacial score (nSPS) is 26.6. The SMILES string of the molecule is CC1(c2cc(Br)ccc2F)CCCNC1. The molecule has 1 N–H and O–H groups in total. The van der Waals surface area contributed by atoms with E-state index in [2.05, 4.69) is 28.2 Å². The largest absolute Gasteiger partial charge is 0.316 e. The quantitative estimate of drug-likeness (QED) is 0.827. The molecule has 0 amide bonds. The van der Waals surface area contributed by atoms with Gasteiger partial charge in [0.25, 0.3) is 0 Å². The molecule has 1 heterocycles. The van der Waals surface area contributed by atoms with Gasteiger partial charge in [0.1, 0.15) is 5.82 Å². The molecule has 3 heteroatoms. The predicted molar refractivity (Wildman–Crippen MR) is 63.6 cm³/mol. The molecule has 0 aromatic heterocycles. The first-order valence-electron chi connectivity index (χ1n) is 5.28. The fourth-order valence-electron chi connectivity index (χ4n) is 2.25. The molecule has 1 fully saturated rings. The lowest BCUT2D eigenvalue weighted by molar-refractivity contribution is 0.329. The van der Waals surface area contributed by atoms with E-state index in [1.54, 1.807) is 12.1 Å². The Labute approximate surface area is 98.2 Å². The van der Waals surface area contributed by atoms with Crippen LogP contribution in [0.25, 0.3) is 0 Å². The Morgan fingerprint density at radius 3 is 2.93 bits per heavy atom. The highest BCUT2D eigenvalue weighted by Crippen LogP contribution is 2.33. The van der Waals surface area contributed by atoms with E-state index >= 15 is 0 Å². The number of hydrogen-bond acceptors (Lipinski definition) is 1. The monoisotopic (exact) mass is 271 g/mol. The summed E-state index contributed by atoms with van der Waals surface area (Å²) in [5.74, 6) is -0.0931. The zero-order valence-electron chi connectivity index (χ0n) is 8.82. The molecule has 1 aromatic rings. The van der Waals surface area contributed by atoms with Crippen molar-refractivity contribution in [2.45, 2.75) is 25.2 Å². The van der Waals surface area contributed by atoms with Gasteiger partial charge in [-0.25, -0.2) is 4.39 Å². The molecule has 2 rings (SSSR count). The minimum Gasteiger partial charge on any atom is -0.316 e. The molecule has 82 valence electrons. The van der Waals surface area contributed by atoms with Crippen molar-refractivity contribution in [1.82, 2.24) is 5.32 Å². The van der Waals surface area contributed by atoms with Gasteiger partial charge in [-0.15, -0.1) is 0 Å². The van der Waals surface area contributed by atoms with Crippen molar-refractivity contribution in [3.8, 4) is 0 Å². The number of rotatable bonds is 1. The van der Waals surface area contributed by atoms with Crippen molar-refractivity contribution >= 4 is 15.9 Å². The summed E-state index contributed by atoms with van der Waals surface area (Å²) in [6.07, 6.45) is 2.16. The number of nitrogens with one attached hydrogen (secondary N) is 1. The summed E-state index contributed by atoms with van der Waals surface area (Å²) in [5, 5.41) is 3.34. The fraction of sp³-hybridized carbons (Fsp3) is 0.500. The summed E-state index contributed by atoms with van der Waals surface area (Å²) < 4.78 is 14.7. The zero-order chi connectivity index (χ0) is 10.9. The smallest absolute Gasteiger partial charge is 0.127 e. The van der Waals surface area contributed by atoms with Crippen molar-refractivity contribution < 1.29 is 4.39 Å². The minimum absolute atomic E-state index is 0.0634. The molecule has 1 aromatic carbocycles. The van der Waals surface area contributed by atoms with Crippen molar-refractivity contribution in [2.24, 2.45) is 0 Å². The minimum atomic E-state index is -0.0931. The molecular weight excluding hydrogens is 257 g/mol. The first-order chi connectivity index (χ1) is 7.12. The average molecular weight is 272 g/mol. The lowest BCUT2D eigenvalue weighted by atomic mass is 9.76. The van der Waals surface area contributed by atoms with Crippen LogP contribution in [0.3, 0.4) is 0 Å². The van der Waals surface area contributed by atoms with Gasteiger partial charge in [0.2, 0.25) is 0 Å². The Morgan fingerprint density at radius 2 is 2.27 bits per heavy atom. The molecule has 0 aliphatic carbocycles. The molecule has 1 aliphatic rings. The Bertz CT molecular complexity index is 359. The van der Waals surface area contributed by atoms with Gasteiger partial charge in [0.15, 0.2) is 0 Å². The molecule has 0 radical (unpaired) electrons. The van der Waals surface area contributed by atoms with Gasteiger partial charge in [-0.2, -0.15) is 0 Å². The summed E-state index contributed by atoms with van der Waals surface area (Å²) in [6.45, 7) is 4.04.